The Hall–Kier alpha value is -0.603. The molecule has 0 aliphatic heterocycles. The summed E-state index contributed by atoms with van der Waals surface area (Å²) in [5.74, 6) is -0.240. The third-order valence-electron chi connectivity index (χ3n) is 23.4. The van der Waals surface area contributed by atoms with Crippen molar-refractivity contribution < 1.29 is 39.3 Å². The molecule has 0 aromatic rings. The maximum absolute atomic E-state index is 14.1. The molecule has 10 nitrogen and oxygen atoms in total. The third kappa shape index (κ3) is 81.9. The third-order valence-corrected chi connectivity index (χ3v) is 33.6. The van der Waals surface area contributed by atoms with Crippen molar-refractivity contribution in [3.63, 3.8) is 0 Å². The van der Waals surface area contributed by atoms with E-state index in [0.29, 0.717) is 80.1 Å². The Morgan fingerprint density at radius 1 is 0.200 bits per heavy atom. The molecule has 0 aliphatic carbocycles. The van der Waals surface area contributed by atoms with E-state index in [4.69, 9.17) is 15.4 Å². The molecule has 0 spiro atoms. The van der Waals surface area contributed by atoms with Gasteiger partial charge in [0.25, 0.3) is 0 Å². The smallest absolute Gasteiger partial charge is 0.0654 e. The van der Waals surface area contributed by atoms with Crippen LogP contribution in [0, 0.1) is 29.6 Å². The number of unbranched alkanes of at least 4 members (excludes halogenated alkanes) is 50. The van der Waals surface area contributed by atoms with Crippen molar-refractivity contribution in [2.75, 3.05) is 28.8 Å². The van der Waals surface area contributed by atoms with E-state index >= 15 is 0 Å². The standard InChI is InChI=1S/5C20H38O2S.3CH3.2Sn/c5*1-2-3-4-5-6-7-8-9-10-11-12-13-14-15-16-19(17-18-23)20(21)22;;;;;/h5*9-10,19,23H,2-8,11-18H2,1H3,(H,21,22);3*1H3;;/q;;;;;;;;+2;+3/p-5/b5*10-9-;;;;;. The van der Waals surface area contributed by atoms with E-state index in [1.807, 2.05) is 9.88 Å². The van der Waals surface area contributed by atoms with Gasteiger partial charge >= 0.3 is 562 Å². The molecule has 704 valence electrons. The number of rotatable bonds is 90. The van der Waals surface area contributed by atoms with Crippen molar-refractivity contribution in [1.29, 1.82) is 0 Å². The van der Waals surface area contributed by atoms with E-state index in [-0.39, 0.29) is 23.8 Å². The van der Waals surface area contributed by atoms with Gasteiger partial charge in [-0.15, -0.1) is 0 Å². The van der Waals surface area contributed by atoms with Gasteiger partial charge in [-0.05, 0) is 32.1 Å². The van der Waals surface area contributed by atoms with Crippen molar-refractivity contribution in [3.8, 4) is 0 Å². The maximum atomic E-state index is 14.1. The molecule has 17 heteroatoms. The molecular formula is C103H194O10S5Sn2. The number of hydrogen-bond donors (Lipinski definition) is 5. The second-order valence-electron chi connectivity index (χ2n) is 35.5. The number of hydrogen-bond acceptors (Lipinski definition) is 15. The summed E-state index contributed by atoms with van der Waals surface area (Å²) in [4.78, 5) is 74.0. The topological polar surface area (TPSA) is 132 Å². The molecule has 0 fully saturated rings. The van der Waals surface area contributed by atoms with Crippen LogP contribution in [0.2, 0.25) is 14.8 Å². The molecule has 5 atom stereocenters. The molecule has 0 saturated carbocycles. The van der Waals surface area contributed by atoms with Gasteiger partial charge in [-0.2, -0.15) is 0 Å². The second-order valence-corrected chi connectivity index (χ2v) is 53.6. The van der Waals surface area contributed by atoms with Crippen molar-refractivity contribution in [1.82, 2.24) is 0 Å². The van der Waals surface area contributed by atoms with Gasteiger partial charge in [0.05, 0.1) is 0 Å². The Morgan fingerprint density at radius 3 is 0.483 bits per heavy atom. The van der Waals surface area contributed by atoms with Crippen LogP contribution in [0.15, 0.2) is 60.8 Å². The zero-order valence-electron chi connectivity index (χ0n) is 79.5. The van der Waals surface area contributed by atoms with Crippen LogP contribution in [0.25, 0.3) is 0 Å². The van der Waals surface area contributed by atoms with E-state index in [9.17, 15) is 24.0 Å². The van der Waals surface area contributed by atoms with Gasteiger partial charge in [0.1, 0.15) is 0 Å². The summed E-state index contributed by atoms with van der Waals surface area (Å²) in [6.07, 6.45) is 104. The molecule has 0 aromatic heterocycles. The summed E-state index contributed by atoms with van der Waals surface area (Å²) < 4.78 is 30.8. The molecule has 0 heterocycles. The fourth-order valence-corrected chi connectivity index (χ4v) is 25.9. The number of allylic oxidation sites excluding steroid dienone is 10. The van der Waals surface area contributed by atoms with Crippen LogP contribution in [-0.4, -0.2) is 97.4 Å². The second kappa shape index (κ2) is 94.5. The van der Waals surface area contributed by atoms with Crippen LogP contribution >= 0.6 is 63.1 Å². The fraction of sp³-hybridized carbons (Fsp3) is 0.854. The van der Waals surface area contributed by atoms with Crippen molar-refractivity contribution in [3.05, 3.63) is 60.8 Å². The predicted molar refractivity (Wildman–Crippen MR) is 544 cm³/mol. The summed E-state index contributed by atoms with van der Waals surface area (Å²) in [5, 5.41) is 0. The van der Waals surface area contributed by atoms with Crippen molar-refractivity contribution >= 4 is 132 Å². The monoisotopic (exact) mass is 1990 g/mol. The molecule has 0 aromatic carbocycles. The Balaban J connectivity index is 0. The summed E-state index contributed by atoms with van der Waals surface area (Å²) >= 11 is 13.4. The quantitative estimate of drug-likeness (QED) is 0.0174. The molecule has 0 saturated heterocycles. The first-order chi connectivity index (χ1) is 58.5. The molecule has 120 heavy (non-hydrogen) atoms. The number of carbonyl (C=O) groups excluding carboxylic acids is 5. The number of thiol groups is 5. The predicted octanol–water partition coefficient (Wildman–Crippen LogP) is 33.9. The van der Waals surface area contributed by atoms with Crippen LogP contribution < -0.4 is 0 Å². The summed E-state index contributed by atoms with van der Waals surface area (Å²) in [6.45, 7) is 11.3. The van der Waals surface area contributed by atoms with Crippen LogP contribution in [0.4, 0.5) is 0 Å². The SMILES string of the molecule is CCCCCCCC/C=C\CCCCCCC(CCS)C(=O)[O][Sn]([CH3])([CH3])[O]C(=O)C(CCS)CCCCCC/C=C\CCCCCCCC.CCCCCCCC/C=C\CCCCCCC(CCS)C(=O)[O][Sn]([CH3])([O]C(=O)C(CCS)CCCCCC/C=C\CCCCCCCC)[O]C(=O)C(CCS)CCCCCC/C=C\CCCCCCCC. The Kier molecular flexibility index (Phi) is 95.6. The Morgan fingerprint density at radius 2 is 0.333 bits per heavy atom. The minimum absolute atomic E-state index is 0.164. The van der Waals surface area contributed by atoms with Crippen LogP contribution in [0.3, 0.4) is 0 Å². The Labute approximate surface area is 782 Å². The first-order valence-corrected chi connectivity index (χ1v) is 68.5. The minimum Gasteiger partial charge on any atom is -0.0654 e. The van der Waals surface area contributed by atoms with E-state index < -0.39 is 74.5 Å². The van der Waals surface area contributed by atoms with Gasteiger partial charge in [0.2, 0.25) is 0 Å². The molecule has 0 rings (SSSR count). The van der Waals surface area contributed by atoms with Crippen LogP contribution in [0.5, 0.6) is 0 Å². The van der Waals surface area contributed by atoms with Gasteiger partial charge in [-0.25, -0.2) is 0 Å². The van der Waals surface area contributed by atoms with Gasteiger partial charge in [0.15, 0.2) is 0 Å². The molecule has 5 unspecified atom stereocenters. The van der Waals surface area contributed by atoms with Gasteiger partial charge in [0, 0.05) is 0 Å². The van der Waals surface area contributed by atoms with Crippen molar-refractivity contribution in [2.45, 2.75) is 499 Å². The molecule has 0 aliphatic rings. The molecule has 0 amide bonds. The number of carbonyl (C=O) groups is 5. The Bertz CT molecular complexity index is 2210. The first-order valence-electron chi connectivity index (χ1n) is 51.0. The van der Waals surface area contributed by atoms with Gasteiger partial charge in [-0.1, -0.05) is 195 Å². The van der Waals surface area contributed by atoms with Crippen LogP contribution in [-0.2, 0) is 39.3 Å². The molecule has 0 bridgehead atoms. The first kappa shape index (κ1) is 121. The molecule has 0 radical (unpaired) electrons. The summed E-state index contributed by atoms with van der Waals surface area (Å²) in [7, 11) is 0. The molecular weight excluding hydrogens is 1790 g/mol. The normalized spacial score (nSPS) is 13.8. The summed E-state index contributed by atoms with van der Waals surface area (Å²) in [6, 6.07) is 0. The van der Waals surface area contributed by atoms with Crippen molar-refractivity contribution in [2.24, 2.45) is 29.6 Å². The zero-order valence-corrected chi connectivity index (χ0v) is 89.7. The van der Waals surface area contributed by atoms with Gasteiger partial charge in [-0.3, -0.25) is 0 Å². The van der Waals surface area contributed by atoms with E-state index in [2.05, 4.69) is 159 Å². The average molecular weight is 1990 g/mol. The van der Waals surface area contributed by atoms with Crippen LogP contribution in [0.1, 0.15) is 484 Å². The fourth-order valence-electron chi connectivity index (χ4n) is 15.6. The summed E-state index contributed by atoms with van der Waals surface area (Å²) in [5.41, 5.74) is 0. The van der Waals surface area contributed by atoms with Gasteiger partial charge < -0.3 is 0 Å². The average Bonchev–Trinajstić information content (AvgIpc) is 0.823. The molecule has 0 N–H and O–H groups in total. The zero-order chi connectivity index (χ0) is 88.4. The van der Waals surface area contributed by atoms with E-state index in [1.54, 1.807) is 4.94 Å². The van der Waals surface area contributed by atoms with E-state index in [0.717, 1.165) is 148 Å². The van der Waals surface area contributed by atoms with E-state index in [1.165, 1.54) is 250 Å². The minimum atomic E-state index is -5.12.